The molecule has 0 aliphatic heterocycles. The molecule has 5 heteroatoms. The number of hydroxylamine groups is 1. The summed E-state index contributed by atoms with van der Waals surface area (Å²) in [6, 6.07) is 13.8. The lowest BCUT2D eigenvalue weighted by atomic mass is 9.98. The van der Waals surface area contributed by atoms with Crippen LogP contribution in [0.3, 0.4) is 0 Å². The third kappa shape index (κ3) is 2.35. The second-order valence-corrected chi connectivity index (χ2v) is 5.10. The summed E-state index contributed by atoms with van der Waals surface area (Å²) in [5.74, 6) is 0. The first-order valence-electron chi connectivity index (χ1n) is 5.18. The lowest BCUT2D eigenvalue weighted by molar-refractivity contribution is -0.643. The van der Waals surface area contributed by atoms with Gasteiger partial charge in [0.15, 0.2) is 0 Å². The maximum Gasteiger partial charge on any atom is 0.270 e. The molecule has 0 heterocycles. The van der Waals surface area contributed by atoms with Crippen molar-refractivity contribution < 1.29 is 5.48 Å². The van der Waals surface area contributed by atoms with E-state index in [0.717, 1.165) is 0 Å². The van der Waals surface area contributed by atoms with Gasteiger partial charge in [-0.2, -0.15) is 5.48 Å². The Hall–Kier alpha value is -0.770. The van der Waals surface area contributed by atoms with Crippen LogP contribution in [0.25, 0.3) is 0 Å². The van der Waals surface area contributed by atoms with Crippen molar-refractivity contribution in [2.45, 2.75) is 5.00 Å². The molecule has 18 heavy (non-hydrogen) atoms. The summed E-state index contributed by atoms with van der Waals surface area (Å²) in [6.07, 6.45) is 0. The van der Waals surface area contributed by atoms with Crippen LogP contribution in [-0.4, -0.2) is 0 Å². The Kier molecular flexibility index (Phi) is 4.15. The molecule has 0 aromatic heterocycles. The molecule has 0 saturated heterocycles. The second kappa shape index (κ2) is 5.47. The van der Waals surface area contributed by atoms with Crippen molar-refractivity contribution in [2.24, 2.45) is 0 Å². The zero-order valence-corrected chi connectivity index (χ0v) is 11.4. The van der Waals surface area contributed by atoms with Crippen molar-refractivity contribution in [3.63, 3.8) is 0 Å². The van der Waals surface area contributed by atoms with Crippen LogP contribution in [0.15, 0.2) is 48.5 Å². The van der Waals surface area contributed by atoms with Crippen LogP contribution in [0.2, 0.25) is 10.0 Å². The van der Waals surface area contributed by atoms with Crippen molar-refractivity contribution >= 4 is 34.8 Å². The molecule has 93 valence electrons. The van der Waals surface area contributed by atoms with Crippen LogP contribution in [0.1, 0.15) is 11.1 Å². The number of hydrogen-bond acceptors (Lipinski definition) is 2. The summed E-state index contributed by atoms with van der Waals surface area (Å²) in [7, 11) is 0. The van der Waals surface area contributed by atoms with E-state index in [-0.39, 0.29) is 0 Å². The maximum absolute atomic E-state index is 11.4. The first-order valence-corrected chi connectivity index (χ1v) is 6.31. The smallest absolute Gasteiger partial charge is 0.270 e. The van der Waals surface area contributed by atoms with Gasteiger partial charge < -0.3 is 5.21 Å². The summed E-state index contributed by atoms with van der Waals surface area (Å²) < 4.78 is 0. The van der Waals surface area contributed by atoms with Crippen molar-refractivity contribution in [1.82, 2.24) is 0 Å². The molecule has 2 nitrogen and oxygen atoms in total. The third-order valence-corrected chi connectivity index (χ3v) is 3.73. The fraction of sp³-hybridized carbons (Fsp3) is 0.0769. The highest BCUT2D eigenvalue weighted by Gasteiger charge is 2.40. The van der Waals surface area contributed by atoms with Gasteiger partial charge in [-0.25, -0.2) is 0 Å². The van der Waals surface area contributed by atoms with Crippen LogP contribution >= 0.6 is 34.8 Å². The fourth-order valence-electron chi connectivity index (χ4n) is 1.75. The first kappa shape index (κ1) is 13.7. The van der Waals surface area contributed by atoms with E-state index in [1.807, 2.05) is 11.5 Å². The SMILES string of the molecule is [O-][NH+]C(Cl)(c1ccccc1)c1c(Cl)cccc1Cl. The van der Waals surface area contributed by atoms with E-state index < -0.39 is 5.00 Å². The van der Waals surface area contributed by atoms with Crippen LogP contribution < -0.4 is 5.48 Å². The quantitative estimate of drug-likeness (QED) is 0.527. The highest BCUT2D eigenvalue weighted by molar-refractivity contribution is 6.38. The van der Waals surface area contributed by atoms with E-state index in [1.54, 1.807) is 42.5 Å². The predicted molar refractivity (Wildman–Crippen MR) is 73.9 cm³/mol. The van der Waals surface area contributed by atoms with Crippen LogP contribution in [0.4, 0.5) is 0 Å². The minimum Gasteiger partial charge on any atom is -0.582 e. The predicted octanol–water partition coefficient (Wildman–Crippen LogP) is 3.28. The number of halogens is 3. The molecule has 1 unspecified atom stereocenters. The normalized spacial score (nSPS) is 14.2. The highest BCUT2D eigenvalue weighted by Crippen LogP contribution is 2.38. The van der Waals surface area contributed by atoms with E-state index in [9.17, 15) is 5.21 Å². The number of hydrogen-bond donors (Lipinski definition) is 1. The number of alkyl halides is 1. The number of benzene rings is 2. The summed E-state index contributed by atoms with van der Waals surface area (Å²) in [4.78, 5) is -1.49. The monoisotopic (exact) mass is 300 g/mol. The standard InChI is InChI=1S/C13H9Cl3NO/c14-10-7-4-8-11(15)12(10)13(16,17-18)9-5-2-1-3-6-9/h1-8,17H. The minimum atomic E-state index is -1.49. The summed E-state index contributed by atoms with van der Waals surface area (Å²) >= 11 is 18.6. The van der Waals surface area contributed by atoms with Gasteiger partial charge in [0.05, 0.1) is 15.6 Å². The van der Waals surface area contributed by atoms with Gasteiger partial charge in [0.1, 0.15) is 0 Å². The van der Waals surface area contributed by atoms with Gasteiger partial charge in [0, 0.05) is 5.56 Å². The fourth-order valence-corrected chi connectivity index (χ4v) is 2.86. The Morgan fingerprint density at radius 2 is 1.44 bits per heavy atom. The summed E-state index contributed by atoms with van der Waals surface area (Å²) in [6.45, 7) is 0. The van der Waals surface area contributed by atoms with Gasteiger partial charge in [-0.3, -0.25) is 0 Å². The number of rotatable bonds is 3. The van der Waals surface area contributed by atoms with Crippen molar-refractivity contribution in [3.05, 3.63) is 74.9 Å². The van der Waals surface area contributed by atoms with E-state index in [1.165, 1.54) is 0 Å². The van der Waals surface area contributed by atoms with Crippen LogP contribution in [-0.2, 0) is 5.00 Å². The average molecular weight is 302 g/mol. The Morgan fingerprint density at radius 3 is 1.94 bits per heavy atom. The van der Waals surface area contributed by atoms with Gasteiger partial charge in [-0.05, 0) is 23.7 Å². The van der Waals surface area contributed by atoms with Gasteiger partial charge in [0.2, 0.25) is 0 Å². The van der Waals surface area contributed by atoms with Gasteiger partial charge in [-0.1, -0.05) is 59.6 Å². The van der Waals surface area contributed by atoms with E-state index in [0.29, 0.717) is 21.2 Å². The Bertz CT molecular complexity index is 527. The molecule has 0 aliphatic carbocycles. The van der Waals surface area contributed by atoms with E-state index in [4.69, 9.17) is 34.8 Å². The van der Waals surface area contributed by atoms with Crippen LogP contribution in [0, 0.1) is 5.21 Å². The van der Waals surface area contributed by atoms with Gasteiger partial charge in [-0.15, -0.1) is 0 Å². The molecule has 0 amide bonds. The molecule has 0 bridgehead atoms. The van der Waals surface area contributed by atoms with Crippen molar-refractivity contribution in [3.8, 4) is 0 Å². The molecule has 1 atom stereocenters. The van der Waals surface area contributed by atoms with Gasteiger partial charge >= 0.3 is 0 Å². The molecular weight excluding hydrogens is 293 g/mol. The highest BCUT2D eigenvalue weighted by atomic mass is 35.5. The molecule has 1 N–H and O–H groups in total. The Morgan fingerprint density at radius 1 is 0.889 bits per heavy atom. The van der Waals surface area contributed by atoms with Gasteiger partial charge in [0.25, 0.3) is 5.00 Å². The summed E-state index contributed by atoms with van der Waals surface area (Å²) in [5, 5.41) is 12.0. The molecule has 2 rings (SSSR count). The largest absolute Gasteiger partial charge is 0.582 e. The molecule has 2 aromatic carbocycles. The third-order valence-electron chi connectivity index (χ3n) is 2.62. The molecule has 2 aromatic rings. The van der Waals surface area contributed by atoms with E-state index >= 15 is 0 Å². The lowest BCUT2D eigenvalue weighted by Gasteiger charge is -2.24. The molecule has 0 saturated carbocycles. The molecule has 0 spiro atoms. The number of nitrogens with one attached hydrogen (secondary N) is 1. The molecule has 1 radical (unpaired) electrons. The minimum absolute atomic E-state index is 0.338. The average Bonchev–Trinajstić information content (AvgIpc) is 2.39. The molecule has 0 aliphatic rings. The molecular formula is C13H9Cl3NO. The molecule has 0 fully saturated rings. The maximum atomic E-state index is 11.4. The zero-order chi connectivity index (χ0) is 13.2. The lowest BCUT2D eigenvalue weighted by Crippen LogP contribution is -2.88. The van der Waals surface area contributed by atoms with E-state index in [2.05, 4.69) is 0 Å². The van der Waals surface area contributed by atoms with Crippen LogP contribution in [0.5, 0.6) is 0 Å². The van der Waals surface area contributed by atoms with Crippen molar-refractivity contribution in [2.75, 3.05) is 0 Å². The topological polar surface area (TPSA) is 38.7 Å². The Labute approximate surface area is 120 Å². The van der Waals surface area contributed by atoms with Crippen molar-refractivity contribution in [1.29, 1.82) is 0 Å². The Balaban J connectivity index is 2.65. The zero-order valence-electron chi connectivity index (χ0n) is 9.16. The summed E-state index contributed by atoms with van der Waals surface area (Å²) in [5.41, 5.74) is 2.78. The first-order chi connectivity index (χ1) is 8.59. The second-order valence-electron chi connectivity index (χ2n) is 3.72.